The Bertz CT molecular complexity index is 313. The molecule has 0 aromatic heterocycles. The Morgan fingerprint density at radius 1 is 1.50 bits per heavy atom. The number of aliphatic carboxylic acids is 1. The first-order valence-electron chi connectivity index (χ1n) is 4.39. The number of allylic oxidation sites excluding steroid dienone is 2. The van der Waals surface area contributed by atoms with Crippen molar-refractivity contribution in [3.05, 3.63) is 22.3 Å². The topological polar surface area (TPSA) is 40.5 Å². The minimum Gasteiger partial charge on any atom is -0.477 e. The number of hydrogen-bond donors (Lipinski definition) is 1. The summed E-state index contributed by atoms with van der Waals surface area (Å²) in [5.74, 6) is -0.879. The molecule has 14 heavy (non-hydrogen) atoms. The Morgan fingerprint density at radius 2 is 2.07 bits per heavy atom. The highest BCUT2D eigenvalue weighted by molar-refractivity contribution is 9.11. The van der Waals surface area contributed by atoms with E-state index in [9.17, 15) is 4.79 Å². The molecule has 0 spiro atoms. The maximum Gasteiger partial charge on any atom is 0.352 e. The average Bonchev–Trinajstić information content (AvgIpc) is 2.01. The predicted molar refractivity (Wildman–Crippen MR) is 59.2 cm³/mol. The molecule has 0 aromatic rings. The molecule has 0 bridgehead atoms. The van der Waals surface area contributed by atoms with Gasteiger partial charge in [0.05, 0.1) is 6.54 Å². The van der Waals surface area contributed by atoms with Crippen molar-refractivity contribution >= 4 is 21.9 Å². The van der Waals surface area contributed by atoms with E-state index in [-0.39, 0.29) is 5.54 Å². The van der Waals surface area contributed by atoms with Gasteiger partial charge >= 0.3 is 5.97 Å². The van der Waals surface area contributed by atoms with Gasteiger partial charge in [-0.1, -0.05) is 15.9 Å². The minimum atomic E-state index is -0.879. The molecule has 4 heteroatoms. The lowest BCUT2D eigenvalue weighted by Gasteiger charge is -2.39. The van der Waals surface area contributed by atoms with Crippen molar-refractivity contribution in [1.29, 1.82) is 0 Å². The lowest BCUT2D eigenvalue weighted by Crippen LogP contribution is -2.44. The van der Waals surface area contributed by atoms with Crippen molar-refractivity contribution in [2.24, 2.45) is 0 Å². The quantitative estimate of drug-likeness (QED) is 0.786. The van der Waals surface area contributed by atoms with Gasteiger partial charge in [-0.05, 0) is 32.9 Å². The fourth-order valence-electron chi connectivity index (χ4n) is 1.33. The summed E-state index contributed by atoms with van der Waals surface area (Å²) < 4.78 is 0.998. The molecule has 0 saturated carbocycles. The molecular weight excluding hydrogens is 246 g/mol. The molecule has 0 aromatic carbocycles. The van der Waals surface area contributed by atoms with Crippen LogP contribution in [0.5, 0.6) is 0 Å². The summed E-state index contributed by atoms with van der Waals surface area (Å²) in [4.78, 5) is 12.8. The molecule has 0 atom stereocenters. The number of hydrogen-bond acceptors (Lipinski definition) is 2. The van der Waals surface area contributed by atoms with Crippen molar-refractivity contribution in [2.75, 3.05) is 6.54 Å². The van der Waals surface area contributed by atoms with E-state index in [0.29, 0.717) is 12.2 Å². The molecule has 0 unspecified atom stereocenters. The van der Waals surface area contributed by atoms with E-state index in [1.54, 1.807) is 12.2 Å². The maximum absolute atomic E-state index is 11.0. The van der Waals surface area contributed by atoms with Gasteiger partial charge in [-0.2, -0.15) is 0 Å². The van der Waals surface area contributed by atoms with Crippen molar-refractivity contribution < 1.29 is 9.90 Å². The number of nitrogens with zero attached hydrogens (tertiary/aromatic N) is 1. The summed E-state index contributed by atoms with van der Waals surface area (Å²) in [6, 6.07) is 0. The highest BCUT2D eigenvalue weighted by Crippen LogP contribution is 2.26. The monoisotopic (exact) mass is 259 g/mol. The summed E-state index contributed by atoms with van der Waals surface area (Å²) >= 11 is 3.38. The van der Waals surface area contributed by atoms with Crippen LogP contribution in [0, 0.1) is 0 Å². The van der Waals surface area contributed by atoms with Crippen LogP contribution in [0.2, 0.25) is 0 Å². The zero-order valence-electron chi connectivity index (χ0n) is 8.54. The van der Waals surface area contributed by atoms with Crippen molar-refractivity contribution in [2.45, 2.75) is 26.3 Å². The van der Waals surface area contributed by atoms with E-state index < -0.39 is 5.97 Å². The number of rotatable bonds is 1. The first-order chi connectivity index (χ1) is 6.32. The first-order valence-corrected chi connectivity index (χ1v) is 5.19. The Labute approximate surface area is 92.2 Å². The first kappa shape index (κ1) is 11.3. The molecule has 1 heterocycles. The second-order valence-corrected chi connectivity index (χ2v) is 5.25. The molecule has 1 aliphatic rings. The van der Waals surface area contributed by atoms with Gasteiger partial charge in [-0.25, -0.2) is 4.79 Å². The van der Waals surface area contributed by atoms with E-state index >= 15 is 0 Å². The van der Waals surface area contributed by atoms with Crippen LogP contribution >= 0.6 is 15.9 Å². The largest absolute Gasteiger partial charge is 0.477 e. The lowest BCUT2D eigenvalue weighted by molar-refractivity contribution is -0.135. The van der Waals surface area contributed by atoms with E-state index in [4.69, 9.17) is 5.11 Å². The van der Waals surface area contributed by atoms with Gasteiger partial charge in [-0.3, -0.25) is 0 Å². The van der Waals surface area contributed by atoms with E-state index in [1.807, 2.05) is 25.7 Å². The smallest absolute Gasteiger partial charge is 0.352 e. The summed E-state index contributed by atoms with van der Waals surface area (Å²) in [7, 11) is 0. The highest BCUT2D eigenvalue weighted by Gasteiger charge is 2.29. The van der Waals surface area contributed by atoms with Gasteiger partial charge in [-0.15, -0.1) is 0 Å². The van der Waals surface area contributed by atoms with E-state index in [1.165, 1.54) is 0 Å². The molecule has 0 radical (unpaired) electrons. The fourth-order valence-corrected chi connectivity index (χ4v) is 1.72. The van der Waals surface area contributed by atoms with E-state index in [2.05, 4.69) is 15.9 Å². The maximum atomic E-state index is 11.0. The third kappa shape index (κ3) is 2.38. The molecule has 0 aliphatic carbocycles. The van der Waals surface area contributed by atoms with Gasteiger partial charge in [0.1, 0.15) is 5.70 Å². The van der Waals surface area contributed by atoms with Crippen molar-refractivity contribution in [3.8, 4) is 0 Å². The normalized spacial score (nSPS) is 17.6. The average molecular weight is 260 g/mol. The van der Waals surface area contributed by atoms with Gasteiger partial charge in [0, 0.05) is 10.0 Å². The van der Waals surface area contributed by atoms with Crippen LogP contribution in [0.25, 0.3) is 0 Å². The van der Waals surface area contributed by atoms with Gasteiger partial charge in [0.15, 0.2) is 0 Å². The fraction of sp³-hybridized carbons (Fsp3) is 0.500. The molecule has 1 N–H and O–H groups in total. The van der Waals surface area contributed by atoms with Crippen LogP contribution < -0.4 is 0 Å². The number of halogens is 1. The number of carboxylic acids is 1. The van der Waals surface area contributed by atoms with Crippen molar-refractivity contribution in [1.82, 2.24) is 4.90 Å². The molecule has 0 fully saturated rings. The third-order valence-corrected chi connectivity index (χ3v) is 2.57. The van der Waals surface area contributed by atoms with Gasteiger partial charge in [0.2, 0.25) is 0 Å². The Hall–Kier alpha value is -0.770. The predicted octanol–water partition coefficient (Wildman–Crippen LogP) is 2.35. The molecule has 78 valence electrons. The molecule has 3 nitrogen and oxygen atoms in total. The van der Waals surface area contributed by atoms with Crippen LogP contribution in [0.4, 0.5) is 0 Å². The summed E-state index contributed by atoms with van der Waals surface area (Å²) in [6.45, 7) is 6.60. The third-order valence-electron chi connectivity index (χ3n) is 2.05. The zero-order chi connectivity index (χ0) is 10.9. The second-order valence-electron chi connectivity index (χ2n) is 4.23. The summed E-state index contributed by atoms with van der Waals surface area (Å²) in [5.41, 5.74) is 0.165. The molecule has 0 amide bonds. The summed E-state index contributed by atoms with van der Waals surface area (Å²) in [5, 5.41) is 9.00. The zero-order valence-corrected chi connectivity index (χ0v) is 10.1. The second kappa shape index (κ2) is 3.77. The molecule has 1 rings (SSSR count). The molecular formula is C10H14BrNO2. The van der Waals surface area contributed by atoms with Crippen molar-refractivity contribution in [3.63, 3.8) is 0 Å². The number of carboxylic acid groups (broad SMARTS) is 1. The Morgan fingerprint density at radius 3 is 2.50 bits per heavy atom. The Balaban J connectivity index is 3.03. The van der Waals surface area contributed by atoms with Crippen LogP contribution in [0.15, 0.2) is 22.3 Å². The van der Waals surface area contributed by atoms with Crippen LogP contribution in [-0.2, 0) is 4.79 Å². The number of carbonyl (C=O) groups is 1. The van der Waals surface area contributed by atoms with Gasteiger partial charge in [0.25, 0.3) is 0 Å². The van der Waals surface area contributed by atoms with Crippen LogP contribution in [-0.4, -0.2) is 28.1 Å². The van der Waals surface area contributed by atoms with Gasteiger partial charge < -0.3 is 10.0 Å². The molecule has 0 saturated heterocycles. The van der Waals surface area contributed by atoms with E-state index in [0.717, 1.165) is 4.48 Å². The molecule has 1 aliphatic heterocycles. The lowest BCUT2D eigenvalue weighted by atomic mass is 10.0. The Kier molecular flexibility index (Phi) is 3.04. The SMILES string of the molecule is CC(C)(C)N1CC(Br)=CC=C1C(=O)O. The minimum absolute atomic E-state index is 0.183. The summed E-state index contributed by atoms with van der Waals surface area (Å²) in [6.07, 6.45) is 3.41. The van der Waals surface area contributed by atoms with Crippen LogP contribution in [0.1, 0.15) is 20.8 Å². The highest BCUT2D eigenvalue weighted by atomic mass is 79.9. The standard InChI is InChI=1S/C10H14BrNO2/c1-10(2,3)12-6-7(11)4-5-8(12)9(13)14/h4-5H,6H2,1-3H3,(H,13,14). The van der Waals surface area contributed by atoms with Crippen LogP contribution in [0.3, 0.4) is 0 Å².